The van der Waals surface area contributed by atoms with Crippen molar-refractivity contribution in [3.05, 3.63) is 52.6 Å². The molecule has 0 bridgehead atoms. The second kappa shape index (κ2) is 6.75. The Morgan fingerprint density at radius 2 is 2.04 bits per heavy atom. The van der Waals surface area contributed by atoms with Crippen molar-refractivity contribution >= 4 is 5.91 Å². The third-order valence-corrected chi connectivity index (χ3v) is 4.75. The quantitative estimate of drug-likeness (QED) is 0.810. The van der Waals surface area contributed by atoms with Crippen LogP contribution in [0.4, 0.5) is 4.39 Å². The normalized spacial score (nSPS) is 14.0. The van der Waals surface area contributed by atoms with E-state index in [2.05, 4.69) is 12.0 Å². The summed E-state index contributed by atoms with van der Waals surface area (Å²) < 4.78 is 16.0. The van der Waals surface area contributed by atoms with Crippen molar-refractivity contribution in [2.75, 3.05) is 6.54 Å². The third kappa shape index (κ3) is 3.35. The molecule has 0 radical (unpaired) electrons. The van der Waals surface area contributed by atoms with Gasteiger partial charge in [-0.3, -0.25) is 9.48 Å². The molecule has 1 fully saturated rings. The molecule has 0 saturated heterocycles. The highest BCUT2D eigenvalue weighted by molar-refractivity contribution is 5.94. The molecule has 1 amide bonds. The number of amides is 1. The fourth-order valence-electron chi connectivity index (χ4n) is 3.10. The van der Waals surface area contributed by atoms with Gasteiger partial charge in [-0.2, -0.15) is 5.10 Å². The lowest BCUT2D eigenvalue weighted by Gasteiger charge is -2.23. The second-order valence-electron chi connectivity index (χ2n) is 6.57. The van der Waals surface area contributed by atoms with E-state index in [0.717, 1.165) is 36.3 Å². The number of hydrogen-bond donors (Lipinski definition) is 0. The van der Waals surface area contributed by atoms with Crippen molar-refractivity contribution in [2.45, 2.75) is 46.7 Å². The lowest BCUT2D eigenvalue weighted by atomic mass is 10.1. The van der Waals surface area contributed by atoms with E-state index in [1.165, 1.54) is 6.07 Å². The zero-order chi connectivity index (χ0) is 17.3. The Bertz CT molecular complexity index is 749. The Balaban J connectivity index is 1.88. The predicted molar refractivity (Wildman–Crippen MR) is 91.2 cm³/mol. The number of carbonyl (C=O) groups excluding carboxylic acids is 1. The summed E-state index contributed by atoms with van der Waals surface area (Å²) in [4.78, 5) is 14.7. The number of halogens is 1. The smallest absolute Gasteiger partial charge is 0.257 e. The summed E-state index contributed by atoms with van der Waals surface area (Å²) in [6.45, 7) is 8.02. The van der Waals surface area contributed by atoms with Gasteiger partial charge in [0.1, 0.15) is 5.82 Å². The minimum absolute atomic E-state index is 0.149. The summed E-state index contributed by atoms with van der Waals surface area (Å²) in [6, 6.07) is 6.22. The Kier molecular flexibility index (Phi) is 4.69. The van der Waals surface area contributed by atoms with Gasteiger partial charge in [-0.05, 0) is 51.7 Å². The van der Waals surface area contributed by atoms with E-state index in [1.807, 2.05) is 18.5 Å². The maximum absolute atomic E-state index is 14.0. The van der Waals surface area contributed by atoms with Crippen LogP contribution in [0.2, 0.25) is 0 Å². The number of aryl methyl sites for hydroxylation is 2. The summed E-state index contributed by atoms with van der Waals surface area (Å²) in [5.74, 6) is -0.147. The van der Waals surface area contributed by atoms with E-state index in [-0.39, 0.29) is 11.5 Å². The van der Waals surface area contributed by atoms with Crippen molar-refractivity contribution < 1.29 is 9.18 Å². The molecule has 1 aromatic carbocycles. The first kappa shape index (κ1) is 16.7. The van der Waals surface area contributed by atoms with E-state index in [1.54, 1.807) is 23.1 Å². The van der Waals surface area contributed by atoms with Gasteiger partial charge < -0.3 is 4.90 Å². The van der Waals surface area contributed by atoms with Gasteiger partial charge >= 0.3 is 0 Å². The maximum atomic E-state index is 14.0. The molecule has 0 aliphatic heterocycles. The van der Waals surface area contributed by atoms with Gasteiger partial charge in [0.05, 0.1) is 11.3 Å². The standard InChI is InChI=1S/C19H24FN3O/c1-4-23-14(3)17(13(2)21-23)12-22(11-15-9-10-15)19(24)16-7-5-6-8-18(16)20/h5-8,15H,4,9-12H2,1-3H3. The molecule has 0 spiro atoms. The van der Waals surface area contributed by atoms with Crippen LogP contribution in [-0.2, 0) is 13.1 Å². The Morgan fingerprint density at radius 3 is 2.62 bits per heavy atom. The molecule has 1 aliphatic carbocycles. The lowest BCUT2D eigenvalue weighted by molar-refractivity contribution is 0.0729. The molecular formula is C19H24FN3O. The molecule has 0 atom stereocenters. The third-order valence-electron chi connectivity index (χ3n) is 4.75. The summed E-state index contributed by atoms with van der Waals surface area (Å²) in [5, 5.41) is 4.53. The summed E-state index contributed by atoms with van der Waals surface area (Å²) in [5.41, 5.74) is 3.24. The Hall–Kier alpha value is -2.17. The van der Waals surface area contributed by atoms with Gasteiger partial charge in [-0.1, -0.05) is 12.1 Å². The van der Waals surface area contributed by atoms with Crippen LogP contribution >= 0.6 is 0 Å². The monoisotopic (exact) mass is 329 g/mol. The van der Waals surface area contributed by atoms with Crippen LogP contribution in [0.3, 0.4) is 0 Å². The Morgan fingerprint density at radius 1 is 1.33 bits per heavy atom. The summed E-state index contributed by atoms with van der Waals surface area (Å²) >= 11 is 0. The van der Waals surface area contributed by atoms with Crippen LogP contribution in [0.5, 0.6) is 0 Å². The first-order valence-electron chi connectivity index (χ1n) is 8.58. The zero-order valence-electron chi connectivity index (χ0n) is 14.6. The van der Waals surface area contributed by atoms with Crippen molar-refractivity contribution in [1.29, 1.82) is 0 Å². The molecule has 24 heavy (non-hydrogen) atoms. The van der Waals surface area contributed by atoms with E-state index >= 15 is 0 Å². The van der Waals surface area contributed by atoms with Gasteiger partial charge in [0.2, 0.25) is 0 Å². The number of nitrogens with zero attached hydrogens (tertiary/aromatic N) is 3. The van der Waals surface area contributed by atoms with Crippen molar-refractivity contribution in [2.24, 2.45) is 5.92 Å². The van der Waals surface area contributed by atoms with E-state index in [4.69, 9.17) is 0 Å². The number of rotatable bonds is 6. The van der Waals surface area contributed by atoms with Crippen LogP contribution in [0, 0.1) is 25.6 Å². The first-order chi connectivity index (χ1) is 11.5. The largest absolute Gasteiger partial charge is 0.334 e. The molecule has 0 N–H and O–H groups in total. The van der Waals surface area contributed by atoms with Crippen molar-refractivity contribution in [3.63, 3.8) is 0 Å². The molecule has 0 unspecified atom stereocenters. The number of hydrogen-bond acceptors (Lipinski definition) is 2. The molecule has 5 heteroatoms. The molecule has 1 saturated carbocycles. The number of aromatic nitrogens is 2. The topological polar surface area (TPSA) is 38.1 Å². The minimum atomic E-state index is -0.457. The van der Waals surface area contributed by atoms with E-state index in [0.29, 0.717) is 19.0 Å². The fourth-order valence-corrected chi connectivity index (χ4v) is 3.10. The second-order valence-corrected chi connectivity index (χ2v) is 6.57. The van der Waals surface area contributed by atoms with Gasteiger partial charge in [-0.15, -0.1) is 0 Å². The molecule has 2 aromatic rings. The van der Waals surface area contributed by atoms with Gasteiger partial charge in [0.15, 0.2) is 0 Å². The molecule has 128 valence electrons. The molecule has 4 nitrogen and oxygen atoms in total. The summed E-state index contributed by atoms with van der Waals surface area (Å²) in [6.07, 6.45) is 2.29. The highest BCUT2D eigenvalue weighted by Gasteiger charge is 2.29. The summed E-state index contributed by atoms with van der Waals surface area (Å²) in [7, 11) is 0. The van der Waals surface area contributed by atoms with Crippen LogP contribution in [0.1, 0.15) is 47.1 Å². The van der Waals surface area contributed by atoms with Gasteiger partial charge in [0.25, 0.3) is 5.91 Å². The molecule has 1 aliphatic rings. The highest BCUT2D eigenvalue weighted by Crippen LogP contribution is 2.31. The minimum Gasteiger partial charge on any atom is -0.334 e. The lowest BCUT2D eigenvalue weighted by Crippen LogP contribution is -2.33. The maximum Gasteiger partial charge on any atom is 0.257 e. The molecule has 1 heterocycles. The SMILES string of the molecule is CCn1nc(C)c(CN(CC2CC2)C(=O)c2ccccc2F)c1C. The molecule has 1 aromatic heterocycles. The predicted octanol–water partition coefficient (Wildman–Crippen LogP) is 3.71. The van der Waals surface area contributed by atoms with Crippen LogP contribution in [-0.4, -0.2) is 27.1 Å². The van der Waals surface area contributed by atoms with Crippen molar-refractivity contribution in [3.8, 4) is 0 Å². The van der Waals surface area contributed by atoms with E-state index in [9.17, 15) is 9.18 Å². The average molecular weight is 329 g/mol. The van der Waals surface area contributed by atoms with Crippen LogP contribution in [0.25, 0.3) is 0 Å². The number of carbonyl (C=O) groups is 1. The fraction of sp³-hybridized carbons (Fsp3) is 0.474. The van der Waals surface area contributed by atoms with Gasteiger partial charge in [-0.25, -0.2) is 4.39 Å². The average Bonchev–Trinajstić information content (AvgIpc) is 3.34. The van der Waals surface area contributed by atoms with Crippen LogP contribution < -0.4 is 0 Å². The number of benzene rings is 1. The zero-order valence-corrected chi connectivity index (χ0v) is 14.6. The highest BCUT2D eigenvalue weighted by atomic mass is 19.1. The molecule has 3 rings (SSSR count). The Labute approximate surface area is 142 Å². The first-order valence-corrected chi connectivity index (χ1v) is 8.58. The van der Waals surface area contributed by atoms with Gasteiger partial charge in [0, 0.05) is 30.9 Å². The molecular weight excluding hydrogens is 305 g/mol. The van der Waals surface area contributed by atoms with Crippen LogP contribution in [0.15, 0.2) is 24.3 Å². The van der Waals surface area contributed by atoms with Crippen molar-refractivity contribution in [1.82, 2.24) is 14.7 Å². The van der Waals surface area contributed by atoms with E-state index < -0.39 is 5.82 Å².